The molecule has 0 aliphatic carbocycles. The lowest BCUT2D eigenvalue weighted by Gasteiger charge is -2.11. The van der Waals surface area contributed by atoms with Gasteiger partial charge in [0, 0.05) is 22.0 Å². The Hall–Kier alpha value is -2.92. The summed E-state index contributed by atoms with van der Waals surface area (Å²) in [7, 11) is 0. The first-order valence-corrected chi connectivity index (χ1v) is 12.1. The summed E-state index contributed by atoms with van der Waals surface area (Å²) in [5.74, 6) is -0.216. The van der Waals surface area contributed by atoms with Crippen molar-refractivity contribution in [3.63, 3.8) is 0 Å². The molecule has 4 aromatic rings. The Kier molecular flexibility index (Phi) is 7.75. The van der Waals surface area contributed by atoms with E-state index in [0.29, 0.717) is 21.2 Å². The summed E-state index contributed by atoms with van der Waals surface area (Å²) in [5, 5.41) is 16.0. The van der Waals surface area contributed by atoms with Crippen LogP contribution in [0.2, 0.25) is 10.0 Å². The van der Waals surface area contributed by atoms with E-state index in [2.05, 4.69) is 42.4 Å². The molecular formula is C23H13Br2Cl2N3O5. The number of nitro benzene ring substituents is 1. The number of halogens is 4. The minimum atomic E-state index is -0.533. The van der Waals surface area contributed by atoms with Crippen LogP contribution in [0, 0.1) is 10.1 Å². The van der Waals surface area contributed by atoms with Crippen LogP contribution in [-0.4, -0.2) is 17.0 Å². The molecule has 1 aromatic heterocycles. The molecule has 0 spiro atoms. The molecule has 4 rings (SSSR count). The Morgan fingerprint density at radius 2 is 1.89 bits per heavy atom. The minimum absolute atomic E-state index is 0.0365. The number of hydrazone groups is 1. The quantitative estimate of drug-likeness (QED) is 0.128. The molecule has 0 radical (unpaired) electrons. The maximum Gasteiger partial charge on any atom is 0.307 e. The molecule has 1 amide bonds. The smallest absolute Gasteiger partial charge is 0.307 e. The number of carbonyl (C=O) groups excluding carboxylic acids is 1. The van der Waals surface area contributed by atoms with Crippen molar-refractivity contribution in [2.75, 3.05) is 0 Å². The average molecular weight is 642 g/mol. The maximum atomic E-state index is 12.4. The number of benzene rings is 3. The lowest BCUT2D eigenvalue weighted by Crippen LogP contribution is -2.16. The fraction of sp³-hybridized carbons (Fsp3) is 0.0435. The van der Waals surface area contributed by atoms with Crippen molar-refractivity contribution in [2.45, 2.75) is 6.61 Å². The van der Waals surface area contributed by atoms with E-state index in [1.807, 2.05) is 12.1 Å². The number of nitrogens with zero attached hydrogens (tertiary/aromatic N) is 2. The predicted octanol–water partition coefficient (Wildman–Crippen LogP) is 7.52. The van der Waals surface area contributed by atoms with E-state index >= 15 is 0 Å². The fourth-order valence-corrected chi connectivity index (χ4v) is 5.07. The Labute approximate surface area is 225 Å². The van der Waals surface area contributed by atoms with Crippen molar-refractivity contribution in [1.82, 2.24) is 5.43 Å². The predicted molar refractivity (Wildman–Crippen MR) is 141 cm³/mol. The lowest BCUT2D eigenvalue weighted by atomic mass is 10.2. The minimum Gasteiger partial charge on any atom is -0.486 e. The van der Waals surface area contributed by atoms with Gasteiger partial charge in [0.25, 0.3) is 5.69 Å². The molecule has 0 saturated carbocycles. The van der Waals surface area contributed by atoms with Crippen molar-refractivity contribution < 1.29 is 18.9 Å². The molecular weight excluding hydrogens is 629 g/mol. The van der Waals surface area contributed by atoms with E-state index in [-0.39, 0.29) is 33.8 Å². The molecule has 0 aliphatic rings. The van der Waals surface area contributed by atoms with Gasteiger partial charge in [-0.1, -0.05) is 51.3 Å². The highest BCUT2D eigenvalue weighted by molar-refractivity contribution is 9.11. The normalized spacial score (nSPS) is 11.2. The summed E-state index contributed by atoms with van der Waals surface area (Å²) < 4.78 is 12.8. The molecule has 0 fully saturated rings. The van der Waals surface area contributed by atoms with Crippen molar-refractivity contribution in [1.29, 1.82) is 0 Å². The van der Waals surface area contributed by atoms with Crippen LogP contribution in [0.1, 0.15) is 21.7 Å². The van der Waals surface area contributed by atoms with E-state index in [1.165, 1.54) is 18.3 Å². The number of non-ortho nitro benzene ring substituents is 1. The Morgan fingerprint density at radius 3 is 2.60 bits per heavy atom. The zero-order chi connectivity index (χ0) is 25.1. The number of rotatable bonds is 7. The van der Waals surface area contributed by atoms with Gasteiger partial charge >= 0.3 is 5.91 Å². The van der Waals surface area contributed by atoms with Gasteiger partial charge in [0.1, 0.15) is 12.2 Å². The van der Waals surface area contributed by atoms with Crippen LogP contribution in [0.15, 0.2) is 73.1 Å². The van der Waals surface area contributed by atoms with Crippen LogP contribution in [0.5, 0.6) is 5.75 Å². The average Bonchev–Trinajstić information content (AvgIpc) is 3.23. The van der Waals surface area contributed by atoms with E-state index < -0.39 is 10.8 Å². The Morgan fingerprint density at radius 1 is 1.14 bits per heavy atom. The second kappa shape index (κ2) is 10.8. The summed E-state index contributed by atoms with van der Waals surface area (Å²) >= 11 is 19.4. The zero-order valence-electron chi connectivity index (χ0n) is 17.4. The third-order valence-electron chi connectivity index (χ3n) is 4.66. The molecule has 0 saturated heterocycles. The van der Waals surface area contributed by atoms with Crippen LogP contribution in [0.3, 0.4) is 0 Å². The third kappa shape index (κ3) is 6.02. The summed E-state index contributed by atoms with van der Waals surface area (Å²) in [5.41, 5.74) is 4.00. The highest BCUT2D eigenvalue weighted by atomic mass is 79.9. The molecule has 178 valence electrons. The number of ether oxygens (including phenoxy) is 1. The van der Waals surface area contributed by atoms with Gasteiger partial charge in [-0.2, -0.15) is 5.10 Å². The highest BCUT2D eigenvalue weighted by Gasteiger charge is 2.15. The molecule has 3 aromatic carbocycles. The first-order valence-electron chi connectivity index (χ1n) is 9.78. The van der Waals surface area contributed by atoms with Gasteiger partial charge in [-0.25, -0.2) is 5.43 Å². The number of hydrogen-bond donors (Lipinski definition) is 1. The number of furan rings is 1. The highest BCUT2D eigenvalue weighted by Crippen LogP contribution is 2.35. The van der Waals surface area contributed by atoms with Gasteiger partial charge in [-0.05, 0) is 57.4 Å². The number of nitro groups is 1. The maximum absolute atomic E-state index is 12.4. The SMILES string of the molecule is O=C(N/N=C\c1cc(Cl)c(OCc2cccc([N+](=O)[O-])c2)c(Cl)c1)c1cc2cc(Br)cc(Br)c2o1. The number of hydrogen-bond acceptors (Lipinski definition) is 6. The van der Waals surface area contributed by atoms with Crippen LogP contribution in [0.4, 0.5) is 5.69 Å². The molecule has 8 nitrogen and oxygen atoms in total. The van der Waals surface area contributed by atoms with Crippen molar-refractivity contribution >= 4 is 83.8 Å². The summed E-state index contributed by atoms with van der Waals surface area (Å²) in [6.07, 6.45) is 1.37. The summed E-state index contributed by atoms with van der Waals surface area (Å²) in [6, 6.07) is 14.4. The lowest BCUT2D eigenvalue weighted by molar-refractivity contribution is -0.384. The first kappa shape index (κ1) is 25.2. The number of fused-ring (bicyclic) bond motifs is 1. The number of carbonyl (C=O) groups is 1. The van der Waals surface area contributed by atoms with Gasteiger partial charge in [0.05, 0.1) is 25.7 Å². The van der Waals surface area contributed by atoms with Gasteiger partial charge in [-0.15, -0.1) is 0 Å². The Bertz CT molecular complexity index is 1470. The van der Waals surface area contributed by atoms with E-state index in [4.69, 9.17) is 32.4 Å². The first-order chi connectivity index (χ1) is 16.7. The van der Waals surface area contributed by atoms with Crippen molar-refractivity contribution in [3.05, 3.63) is 101 Å². The molecule has 0 bridgehead atoms. The topological polar surface area (TPSA) is 107 Å². The van der Waals surface area contributed by atoms with Crippen LogP contribution in [0.25, 0.3) is 11.0 Å². The standard InChI is InChI=1S/C23H13Br2Cl2N3O5/c24-15-7-14-8-20(35-21(14)17(25)9-15)23(31)29-28-10-13-5-18(26)22(19(27)6-13)34-11-12-2-1-3-16(4-12)30(32)33/h1-10H,11H2,(H,29,31)/b28-10-. The number of amides is 1. The van der Waals surface area contributed by atoms with Crippen LogP contribution < -0.4 is 10.2 Å². The van der Waals surface area contributed by atoms with Gasteiger partial charge in [-0.3, -0.25) is 14.9 Å². The van der Waals surface area contributed by atoms with Crippen LogP contribution >= 0.6 is 55.1 Å². The second-order valence-electron chi connectivity index (χ2n) is 7.15. The van der Waals surface area contributed by atoms with E-state index in [1.54, 1.807) is 30.3 Å². The molecule has 1 N–H and O–H groups in total. The number of nitrogens with one attached hydrogen (secondary N) is 1. The van der Waals surface area contributed by atoms with Gasteiger partial charge in [0.2, 0.25) is 0 Å². The third-order valence-corrected chi connectivity index (χ3v) is 6.27. The van der Waals surface area contributed by atoms with Crippen molar-refractivity contribution in [2.24, 2.45) is 5.10 Å². The molecule has 0 aliphatic heterocycles. The molecule has 0 atom stereocenters. The monoisotopic (exact) mass is 639 g/mol. The molecule has 1 heterocycles. The zero-order valence-corrected chi connectivity index (χ0v) is 22.1. The fourth-order valence-electron chi connectivity index (χ4n) is 3.12. The molecule has 35 heavy (non-hydrogen) atoms. The summed E-state index contributed by atoms with van der Waals surface area (Å²) in [6.45, 7) is 0.0365. The molecule has 0 unspecified atom stereocenters. The van der Waals surface area contributed by atoms with Crippen molar-refractivity contribution in [3.8, 4) is 5.75 Å². The van der Waals surface area contributed by atoms with Crippen LogP contribution in [-0.2, 0) is 6.61 Å². The van der Waals surface area contributed by atoms with Gasteiger partial charge in [0.15, 0.2) is 11.5 Å². The van der Waals surface area contributed by atoms with E-state index in [0.717, 1.165) is 9.86 Å². The largest absolute Gasteiger partial charge is 0.486 e. The van der Waals surface area contributed by atoms with E-state index in [9.17, 15) is 14.9 Å². The summed E-state index contributed by atoms with van der Waals surface area (Å²) in [4.78, 5) is 22.9. The van der Waals surface area contributed by atoms with Gasteiger partial charge < -0.3 is 9.15 Å². The Balaban J connectivity index is 1.42. The molecule has 12 heteroatoms. The second-order valence-corrected chi connectivity index (χ2v) is 9.73.